The monoisotopic (exact) mass is 392 g/mol. The van der Waals surface area contributed by atoms with Gasteiger partial charge in [0.25, 0.3) is 0 Å². The molecule has 0 aromatic heterocycles. The zero-order chi connectivity index (χ0) is 20.9. The summed E-state index contributed by atoms with van der Waals surface area (Å²) in [4.78, 5) is 0. The van der Waals surface area contributed by atoms with E-state index in [1.807, 2.05) is 0 Å². The van der Waals surface area contributed by atoms with Crippen molar-refractivity contribution in [2.45, 2.75) is 111 Å². The summed E-state index contributed by atoms with van der Waals surface area (Å²) in [6.07, 6.45) is 18.0. The summed E-state index contributed by atoms with van der Waals surface area (Å²) in [7, 11) is 0. The number of unbranched alkanes of at least 4 members (excludes halogenated alkanes) is 10. The van der Waals surface area contributed by atoms with E-state index in [-0.39, 0.29) is 0 Å². The fraction of sp³-hybridized carbons (Fsp3) is 0.586. The van der Waals surface area contributed by atoms with E-state index in [2.05, 4.69) is 64.1 Å². The van der Waals surface area contributed by atoms with Crippen molar-refractivity contribution in [2.75, 3.05) is 0 Å². The van der Waals surface area contributed by atoms with Crippen molar-refractivity contribution in [2.24, 2.45) is 0 Å². The van der Waals surface area contributed by atoms with Crippen LogP contribution in [-0.2, 0) is 12.8 Å². The molecule has 0 heterocycles. The molecule has 0 bridgehead atoms. The maximum Gasteiger partial charge on any atom is -0.0279 e. The van der Waals surface area contributed by atoms with Crippen LogP contribution in [0.5, 0.6) is 0 Å². The van der Waals surface area contributed by atoms with Crippen LogP contribution in [-0.4, -0.2) is 0 Å². The van der Waals surface area contributed by atoms with Gasteiger partial charge in [0.2, 0.25) is 0 Å². The third-order valence-electron chi connectivity index (χ3n) is 5.99. The van der Waals surface area contributed by atoms with E-state index in [0.29, 0.717) is 0 Å². The van der Waals surface area contributed by atoms with Crippen LogP contribution in [0.25, 0.3) is 0 Å². The Morgan fingerprint density at radius 2 is 0.586 bits per heavy atom. The molecule has 0 radical (unpaired) electrons. The normalized spacial score (nSPS) is 11.2. The molecular weight excluding hydrogens is 348 g/mol. The molecule has 29 heavy (non-hydrogen) atoms. The molecule has 0 aliphatic heterocycles. The molecule has 0 amide bonds. The van der Waals surface area contributed by atoms with Crippen molar-refractivity contribution in [1.82, 2.24) is 0 Å². The highest BCUT2D eigenvalue weighted by atomic mass is 14.0. The summed E-state index contributed by atoms with van der Waals surface area (Å²) in [5.41, 5.74) is 8.69. The van der Waals surface area contributed by atoms with Crippen LogP contribution in [0.1, 0.15) is 104 Å². The number of rotatable bonds is 14. The average Bonchev–Trinajstić information content (AvgIpc) is 2.64. The Labute approximate surface area is 181 Å². The van der Waals surface area contributed by atoms with Crippen molar-refractivity contribution in [3.63, 3.8) is 0 Å². The predicted octanol–water partition coefficient (Wildman–Crippen LogP) is 9.00. The van der Waals surface area contributed by atoms with Crippen LogP contribution in [0, 0.1) is 27.7 Å². The summed E-state index contributed by atoms with van der Waals surface area (Å²) in [6.45, 7) is 8.84. The second-order valence-corrected chi connectivity index (χ2v) is 9.38. The Balaban J connectivity index is 1.38. The first-order valence-electron chi connectivity index (χ1n) is 12.2. The van der Waals surface area contributed by atoms with Gasteiger partial charge in [-0.2, -0.15) is 0 Å². The van der Waals surface area contributed by atoms with Crippen molar-refractivity contribution in [3.05, 3.63) is 69.8 Å². The molecule has 0 saturated carbocycles. The summed E-state index contributed by atoms with van der Waals surface area (Å²) in [6, 6.07) is 14.0. The Bertz CT molecular complexity index is 608. The van der Waals surface area contributed by atoms with Gasteiger partial charge < -0.3 is 0 Å². The second kappa shape index (κ2) is 13.6. The number of aryl methyl sites for hydroxylation is 6. The van der Waals surface area contributed by atoms with Gasteiger partial charge in [-0.1, -0.05) is 116 Å². The zero-order valence-electron chi connectivity index (χ0n) is 19.7. The van der Waals surface area contributed by atoms with Gasteiger partial charge in [-0.05, 0) is 64.5 Å². The minimum absolute atomic E-state index is 1.25. The van der Waals surface area contributed by atoms with Crippen LogP contribution in [0.4, 0.5) is 0 Å². The lowest BCUT2D eigenvalue weighted by Gasteiger charge is -2.06. The van der Waals surface area contributed by atoms with Gasteiger partial charge in [0, 0.05) is 0 Å². The Morgan fingerprint density at radius 1 is 0.345 bits per heavy atom. The van der Waals surface area contributed by atoms with E-state index in [9.17, 15) is 0 Å². The molecule has 2 aromatic carbocycles. The van der Waals surface area contributed by atoms with Crippen LogP contribution < -0.4 is 0 Å². The van der Waals surface area contributed by atoms with Crippen molar-refractivity contribution in [3.8, 4) is 0 Å². The molecule has 0 heteroatoms. The second-order valence-electron chi connectivity index (χ2n) is 9.38. The minimum Gasteiger partial charge on any atom is -0.0564 e. The van der Waals surface area contributed by atoms with Gasteiger partial charge in [0.15, 0.2) is 0 Å². The average molecular weight is 393 g/mol. The summed E-state index contributed by atoms with van der Waals surface area (Å²) in [5.74, 6) is 0. The van der Waals surface area contributed by atoms with E-state index >= 15 is 0 Å². The first-order chi connectivity index (χ1) is 14.0. The molecule has 0 aliphatic rings. The number of benzene rings is 2. The quantitative estimate of drug-likeness (QED) is 0.281. The standard InChI is InChI=1S/C29H44/c1-24-18-25(2)21-28(20-24)16-14-12-10-8-6-5-7-9-11-13-15-17-29-22-26(3)19-27(4)23-29/h18-23H,5-17H2,1-4H3. The first kappa shape index (κ1) is 23.7. The minimum atomic E-state index is 1.25. The topological polar surface area (TPSA) is 0 Å². The molecule has 0 spiro atoms. The molecule has 2 aromatic rings. The van der Waals surface area contributed by atoms with Crippen LogP contribution in [0.2, 0.25) is 0 Å². The van der Waals surface area contributed by atoms with E-state index in [0.717, 1.165) is 0 Å². The summed E-state index contributed by atoms with van der Waals surface area (Å²) in [5, 5.41) is 0. The lowest BCUT2D eigenvalue weighted by molar-refractivity contribution is 0.545. The molecule has 2 rings (SSSR count). The third-order valence-corrected chi connectivity index (χ3v) is 5.99. The zero-order valence-corrected chi connectivity index (χ0v) is 19.7. The Hall–Kier alpha value is -1.56. The summed E-state index contributed by atoms with van der Waals surface area (Å²) < 4.78 is 0. The number of hydrogen-bond acceptors (Lipinski definition) is 0. The van der Waals surface area contributed by atoms with Crippen LogP contribution >= 0.6 is 0 Å². The van der Waals surface area contributed by atoms with Gasteiger partial charge in [-0.3, -0.25) is 0 Å². The van der Waals surface area contributed by atoms with Crippen LogP contribution in [0.15, 0.2) is 36.4 Å². The smallest absolute Gasteiger partial charge is 0.0279 e. The lowest BCUT2D eigenvalue weighted by Crippen LogP contribution is -1.90. The van der Waals surface area contributed by atoms with Gasteiger partial charge in [-0.25, -0.2) is 0 Å². The van der Waals surface area contributed by atoms with E-state index in [1.165, 1.54) is 117 Å². The molecule has 0 nitrogen and oxygen atoms in total. The predicted molar refractivity (Wildman–Crippen MR) is 130 cm³/mol. The molecule has 0 atom stereocenters. The molecule has 0 unspecified atom stereocenters. The fourth-order valence-electron chi connectivity index (χ4n) is 4.68. The highest BCUT2D eigenvalue weighted by Crippen LogP contribution is 2.16. The molecule has 0 saturated heterocycles. The molecule has 0 aliphatic carbocycles. The molecule has 160 valence electrons. The Morgan fingerprint density at radius 3 is 0.862 bits per heavy atom. The van der Waals surface area contributed by atoms with E-state index in [1.54, 1.807) is 0 Å². The van der Waals surface area contributed by atoms with Gasteiger partial charge in [0.05, 0.1) is 0 Å². The first-order valence-corrected chi connectivity index (χ1v) is 12.2. The maximum absolute atomic E-state index is 2.36. The number of hydrogen-bond donors (Lipinski definition) is 0. The highest BCUT2D eigenvalue weighted by Gasteiger charge is 1.99. The van der Waals surface area contributed by atoms with Gasteiger partial charge >= 0.3 is 0 Å². The van der Waals surface area contributed by atoms with Crippen LogP contribution in [0.3, 0.4) is 0 Å². The van der Waals surface area contributed by atoms with Gasteiger partial charge in [-0.15, -0.1) is 0 Å². The SMILES string of the molecule is Cc1cc(C)cc(CCCCCCCCCCCCCc2cc(C)cc(C)c2)c1. The molecule has 0 N–H and O–H groups in total. The van der Waals surface area contributed by atoms with Crippen molar-refractivity contribution < 1.29 is 0 Å². The third kappa shape index (κ3) is 10.7. The Kier molecular flexibility index (Phi) is 11.1. The summed E-state index contributed by atoms with van der Waals surface area (Å²) >= 11 is 0. The fourth-order valence-corrected chi connectivity index (χ4v) is 4.68. The van der Waals surface area contributed by atoms with E-state index < -0.39 is 0 Å². The largest absolute Gasteiger partial charge is 0.0564 e. The maximum atomic E-state index is 2.36. The van der Waals surface area contributed by atoms with Crippen molar-refractivity contribution >= 4 is 0 Å². The lowest BCUT2D eigenvalue weighted by atomic mass is 10.00. The van der Waals surface area contributed by atoms with E-state index in [4.69, 9.17) is 0 Å². The van der Waals surface area contributed by atoms with Gasteiger partial charge in [0.1, 0.15) is 0 Å². The highest BCUT2D eigenvalue weighted by molar-refractivity contribution is 5.29. The molecule has 0 fully saturated rings. The molecular formula is C29H44. The van der Waals surface area contributed by atoms with Crippen molar-refractivity contribution in [1.29, 1.82) is 0 Å².